The zero-order chi connectivity index (χ0) is 15.2. The summed E-state index contributed by atoms with van der Waals surface area (Å²) in [5.41, 5.74) is 0.943. The predicted octanol–water partition coefficient (Wildman–Crippen LogP) is 2.09. The summed E-state index contributed by atoms with van der Waals surface area (Å²) in [5, 5.41) is 9.14. The van der Waals surface area contributed by atoms with Crippen LogP contribution < -0.4 is 0 Å². The van der Waals surface area contributed by atoms with Crippen molar-refractivity contribution in [2.24, 2.45) is 0 Å². The van der Waals surface area contributed by atoms with Crippen molar-refractivity contribution in [2.75, 3.05) is 23.8 Å². The minimum atomic E-state index is -0.945. The molecule has 1 unspecified atom stereocenters. The maximum Gasteiger partial charge on any atom is 0.327 e. The van der Waals surface area contributed by atoms with Gasteiger partial charge < -0.3 is 10.0 Å². The van der Waals surface area contributed by atoms with Gasteiger partial charge in [0.15, 0.2) is 0 Å². The van der Waals surface area contributed by atoms with Gasteiger partial charge in [-0.3, -0.25) is 4.79 Å². The van der Waals surface area contributed by atoms with Crippen LogP contribution in [-0.4, -0.2) is 51.7 Å². The summed E-state index contributed by atoms with van der Waals surface area (Å²) in [6.07, 6.45) is 0. The molecule has 1 N–H and O–H groups in total. The standard InChI is InChI=1S/C14H16FNO3S2/c15-11-3-1-10(2-4-11)7-21-9-13(17)16-5-6-20-8-12(16)14(18)19/h1-4,12H,5-9H2,(H,18,19). The normalized spacial score (nSPS) is 18.5. The van der Waals surface area contributed by atoms with E-state index in [2.05, 4.69) is 0 Å². The highest BCUT2D eigenvalue weighted by Crippen LogP contribution is 2.19. The molecular weight excluding hydrogens is 313 g/mol. The summed E-state index contributed by atoms with van der Waals surface area (Å²) >= 11 is 2.97. The first-order chi connectivity index (χ1) is 10.1. The van der Waals surface area contributed by atoms with Crippen LogP contribution in [0.2, 0.25) is 0 Å². The van der Waals surface area contributed by atoms with E-state index in [1.54, 1.807) is 23.9 Å². The molecule has 7 heteroatoms. The lowest BCUT2D eigenvalue weighted by atomic mass is 10.2. The Hall–Kier alpha value is -1.21. The van der Waals surface area contributed by atoms with Crippen LogP contribution in [0, 0.1) is 5.82 Å². The van der Waals surface area contributed by atoms with Crippen molar-refractivity contribution in [1.29, 1.82) is 0 Å². The molecule has 4 nitrogen and oxygen atoms in total. The fourth-order valence-electron chi connectivity index (χ4n) is 2.03. The van der Waals surface area contributed by atoms with Crippen LogP contribution in [0.5, 0.6) is 0 Å². The lowest BCUT2D eigenvalue weighted by Crippen LogP contribution is -2.50. The predicted molar refractivity (Wildman–Crippen MR) is 83.0 cm³/mol. The van der Waals surface area contributed by atoms with Gasteiger partial charge in [0, 0.05) is 23.8 Å². The molecule has 0 aliphatic carbocycles. The fourth-order valence-corrected chi connectivity index (χ4v) is 3.94. The van der Waals surface area contributed by atoms with Crippen molar-refractivity contribution in [3.63, 3.8) is 0 Å². The minimum absolute atomic E-state index is 0.144. The third-order valence-corrected chi connectivity index (χ3v) is 5.15. The Balaban J connectivity index is 1.83. The summed E-state index contributed by atoms with van der Waals surface area (Å²) in [5.74, 6) is 0.698. The van der Waals surface area contributed by atoms with E-state index in [0.29, 0.717) is 18.1 Å². The molecule has 1 aromatic carbocycles. The number of thioether (sulfide) groups is 2. The molecule has 0 spiro atoms. The molecule has 0 saturated carbocycles. The average Bonchev–Trinajstić information content (AvgIpc) is 2.49. The molecular formula is C14H16FNO3S2. The second kappa shape index (κ2) is 7.70. The number of carbonyl (C=O) groups excluding carboxylic acids is 1. The number of carboxylic acid groups (broad SMARTS) is 1. The SMILES string of the molecule is O=C(O)C1CSCCN1C(=O)CSCc1ccc(F)cc1. The number of rotatable bonds is 5. The van der Waals surface area contributed by atoms with Crippen molar-refractivity contribution in [3.05, 3.63) is 35.6 Å². The number of hydrogen-bond acceptors (Lipinski definition) is 4. The van der Waals surface area contributed by atoms with Gasteiger partial charge in [0.1, 0.15) is 11.9 Å². The zero-order valence-electron chi connectivity index (χ0n) is 11.3. The topological polar surface area (TPSA) is 57.6 Å². The summed E-state index contributed by atoms with van der Waals surface area (Å²) in [4.78, 5) is 24.7. The highest BCUT2D eigenvalue weighted by Gasteiger charge is 2.31. The Morgan fingerprint density at radius 1 is 1.38 bits per heavy atom. The molecule has 114 valence electrons. The lowest BCUT2D eigenvalue weighted by molar-refractivity contribution is -0.148. The molecule has 1 amide bonds. The molecule has 0 bridgehead atoms. The van der Waals surface area contributed by atoms with Gasteiger partial charge in [-0.2, -0.15) is 11.8 Å². The van der Waals surface area contributed by atoms with E-state index in [-0.39, 0.29) is 17.5 Å². The first kappa shape index (κ1) is 16.2. The van der Waals surface area contributed by atoms with E-state index in [1.807, 2.05) is 0 Å². The number of amides is 1. The molecule has 1 aliphatic heterocycles. The summed E-state index contributed by atoms with van der Waals surface area (Å²) in [6.45, 7) is 0.484. The second-order valence-electron chi connectivity index (χ2n) is 4.64. The van der Waals surface area contributed by atoms with Crippen molar-refractivity contribution in [2.45, 2.75) is 11.8 Å². The Kier molecular flexibility index (Phi) is 5.93. The van der Waals surface area contributed by atoms with Crippen LogP contribution in [0.15, 0.2) is 24.3 Å². The van der Waals surface area contributed by atoms with Gasteiger partial charge in [-0.15, -0.1) is 11.8 Å². The number of halogens is 1. The zero-order valence-corrected chi connectivity index (χ0v) is 13.0. The average molecular weight is 329 g/mol. The van der Waals surface area contributed by atoms with Gasteiger partial charge in [-0.05, 0) is 17.7 Å². The van der Waals surface area contributed by atoms with E-state index < -0.39 is 12.0 Å². The Bertz CT molecular complexity index is 509. The van der Waals surface area contributed by atoms with Gasteiger partial charge in [0.2, 0.25) is 5.91 Å². The Labute approximate surface area is 131 Å². The molecule has 0 radical (unpaired) electrons. The first-order valence-electron chi connectivity index (χ1n) is 6.50. The molecule has 1 atom stereocenters. The number of carbonyl (C=O) groups is 2. The minimum Gasteiger partial charge on any atom is -0.480 e. The van der Waals surface area contributed by atoms with Gasteiger partial charge in [-0.25, -0.2) is 9.18 Å². The van der Waals surface area contributed by atoms with Crippen LogP contribution in [0.1, 0.15) is 5.56 Å². The molecule has 0 aromatic heterocycles. The highest BCUT2D eigenvalue weighted by atomic mass is 32.2. The van der Waals surface area contributed by atoms with Crippen molar-refractivity contribution >= 4 is 35.4 Å². The van der Waals surface area contributed by atoms with Gasteiger partial charge in [0.25, 0.3) is 0 Å². The van der Waals surface area contributed by atoms with Crippen LogP contribution >= 0.6 is 23.5 Å². The van der Waals surface area contributed by atoms with Crippen LogP contribution in [0.4, 0.5) is 4.39 Å². The lowest BCUT2D eigenvalue weighted by Gasteiger charge is -2.32. The number of hydrogen-bond donors (Lipinski definition) is 1. The fraction of sp³-hybridized carbons (Fsp3) is 0.429. The van der Waals surface area contributed by atoms with Gasteiger partial charge >= 0.3 is 5.97 Å². The molecule has 1 saturated heterocycles. The van der Waals surface area contributed by atoms with Crippen LogP contribution in [0.25, 0.3) is 0 Å². The smallest absolute Gasteiger partial charge is 0.327 e. The maximum atomic E-state index is 12.8. The van der Waals surface area contributed by atoms with E-state index in [1.165, 1.54) is 28.8 Å². The summed E-state index contributed by atoms with van der Waals surface area (Å²) in [7, 11) is 0. The molecule has 1 aromatic rings. The summed E-state index contributed by atoms with van der Waals surface area (Å²) < 4.78 is 12.8. The van der Waals surface area contributed by atoms with Crippen LogP contribution in [0.3, 0.4) is 0 Å². The molecule has 1 fully saturated rings. The summed E-state index contributed by atoms with van der Waals surface area (Å²) in [6, 6.07) is 5.43. The monoisotopic (exact) mass is 329 g/mol. The quantitative estimate of drug-likeness (QED) is 0.896. The van der Waals surface area contributed by atoms with Gasteiger partial charge in [-0.1, -0.05) is 12.1 Å². The Morgan fingerprint density at radius 3 is 2.76 bits per heavy atom. The third-order valence-electron chi connectivity index (χ3n) is 3.14. The maximum absolute atomic E-state index is 12.8. The molecule has 2 rings (SSSR count). The van der Waals surface area contributed by atoms with Crippen molar-refractivity contribution in [3.8, 4) is 0 Å². The van der Waals surface area contributed by atoms with E-state index in [4.69, 9.17) is 5.11 Å². The highest BCUT2D eigenvalue weighted by molar-refractivity contribution is 7.99. The first-order valence-corrected chi connectivity index (χ1v) is 8.81. The van der Waals surface area contributed by atoms with E-state index in [0.717, 1.165) is 11.3 Å². The van der Waals surface area contributed by atoms with E-state index in [9.17, 15) is 14.0 Å². The largest absolute Gasteiger partial charge is 0.480 e. The van der Waals surface area contributed by atoms with Gasteiger partial charge in [0.05, 0.1) is 5.75 Å². The van der Waals surface area contributed by atoms with Crippen molar-refractivity contribution < 1.29 is 19.1 Å². The molecule has 1 aliphatic rings. The third kappa shape index (κ3) is 4.64. The number of carboxylic acids is 1. The van der Waals surface area contributed by atoms with Crippen LogP contribution in [-0.2, 0) is 15.3 Å². The number of nitrogens with zero attached hydrogens (tertiary/aromatic N) is 1. The Morgan fingerprint density at radius 2 is 2.10 bits per heavy atom. The second-order valence-corrected chi connectivity index (χ2v) is 6.77. The van der Waals surface area contributed by atoms with E-state index >= 15 is 0 Å². The molecule has 1 heterocycles. The number of benzene rings is 1. The number of aliphatic carboxylic acids is 1. The molecule has 21 heavy (non-hydrogen) atoms. The van der Waals surface area contributed by atoms with Crippen molar-refractivity contribution in [1.82, 2.24) is 4.90 Å².